The number of nitrogens with zero attached hydrogens (tertiary/aromatic N) is 3. The summed E-state index contributed by atoms with van der Waals surface area (Å²) in [6, 6.07) is 8.02. The van der Waals surface area contributed by atoms with E-state index in [-0.39, 0.29) is 18.3 Å². The summed E-state index contributed by atoms with van der Waals surface area (Å²) in [7, 11) is 4.02. The molecule has 1 amide bonds. The van der Waals surface area contributed by atoms with Crippen LogP contribution in [0.4, 0.5) is 5.13 Å². The molecule has 0 bridgehead atoms. The van der Waals surface area contributed by atoms with Gasteiger partial charge in [-0.15, -0.1) is 23.7 Å². The quantitative estimate of drug-likeness (QED) is 0.499. The molecule has 3 aromatic rings. The molecule has 0 N–H and O–H groups in total. The number of likely N-dealkylation sites (N-methyl/N-ethyl adjacent to an activating group) is 1. The van der Waals surface area contributed by atoms with Crippen LogP contribution in [0.15, 0.2) is 28.1 Å². The van der Waals surface area contributed by atoms with Crippen LogP contribution in [-0.4, -0.2) is 43.0 Å². The number of aromatic nitrogens is 1. The summed E-state index contributed by atoms with van der Waals surface area (Å²) in [4.78, 5) is 22.4. The van der Waals surface area contributed by atoms with E-state index in [1.54, 1.807) is 16.2 Å². The molecule has 0 spiro atoms. The van der Waals surface area contributed by atoms with Crippen molar-refractivity contribution < 1.29 is 4.79 Å². The fourth-order valence-corrected chi connectivity index (χ4v) is 5.00. The van der Waals surface area contributed by atoms with E-state index in [0.29, 0.717) is 6.54 Å². The van der Waals surface area contributed by atoms with Crippen LogP contribution >= 0.6 is 51.0 Å². The summed E-state index contributed by atoms with van der Waals surface area (Å²) < 4.78 is 2.11. The first-order valence-corrected chi connectivity index (χ1v) is 10.4. The fraction of sp³-hybridized carbons (Fsp3) is 0.333. The molecule has 2 heterocycles. The van der Waals surface area contributed by atoms with Crippen LogP contribution in [0.5, 0.6) is 0 Å². The van der Waals surface area contributed by atoms with Crippen LogP contribution in [0.3, 0.4) is 0 Å². The van der Waals surface area contributed by atoms with Crippen molar-refractivity contribution in [3.63, 3.8) is 0 Å². The first-order valence-electron chi connectivity index (χ1n) is 7.95. The van der Waals surface area contributed by atoms with Gasteiger partial charge >= 0.3 is 0 Å². The summed E-state index contributed by atoms with van der Waals surface area (Å²) in [6.45, 7) is 5.56. The molecule has 0 saturated carbocycles. The third-order valence-electron chi connectivity index (χ3n) is 3.84. The number of halogens is 2. The molecule has 140 valence electrons. The topological polar surface area (TPSA) is 36.4 Å². The standard InChI is InChI=1S/C18H20BrN3OS2.ClH/c1-11-9-12(2)16-13(10-11)20-18(25-16)22(8-7-21(3)4)17(23)14-5-6-15(19)24-14;/h5-6,9-10H,7-8H2,1-4H3;1H. The normalized spacial score (nSPS) is 11.0. The minimum absolute atomic E-state index is 0. The highest BCUT2D eigenvalue weighted by Gasteiger charge is 2.23. The molecule has 1 aromatic carbocycles. The van der Waals surface area contributed by atoms with E-state index < -0.39 is 0 Å². The summed E-state index contributed by atoms with van der Waals surface area (Å²) in [5.74, 6) is 0.00554. The second kappa shape index (κ2) is 8.80. The molecule has 26 heavy (non-hydrogen) atoms. The largest absolute Gasteiger partial charge is 0.308 e. The fourth-order valence-electron chi connectivity index (χ4n) is 2.63. The average molecular weight is 475 g/mol. The van der Waals surface area contributed by atoms with Gasteiger partial charge in [-0.05, 0) is 73.2 Å². The highest BCUT2D eigenvalue weighted by atomic mass is 79.9. The Morgan fingerprint density at radius 2 is 1.88 bits per heavy atom. The van der Waals surface area contributed by atoms with Gasteiger partial charge in [-0.1, -0.05) is 17.4 Å². The molecular formula is C18H21BrClN3OS2. The summed E-state index contributed by atoms with van der Waals surface area (Å²) in [5.41, 5.74) is 3.36. The van der Waals surface area contributed by atoms with Crippen LogP contribution in [0.1, 0.15) is 20.8 Å². The van der Waals surface area contributed by atoms with Gasteiger partial charge in [-0.2, -0.15) is 0 Å². The van der Waals surface area contributed by atoms with Crippen molar-refractivity contribution in [1.82, 2.24) is 9.88 Å². The number of rotatable bonds is 5. The van der Waals surface area contributed by atoms with E-state index in [1.807, 2.05) is 26.2 Å². The number of fused-ring (bicyclic) bond motifs is 1. The lowest BCUT2D eigenvalue weighted by Crippen LogP contribution is -2.36. The van der Waals surface area contributed by atoms with E-state index in [4.69, 9.17) is 4.98 Å². The van der Waals surface area contributed by atoms with Crippen molar-refractivity contribution in [3.05, 3.63) is 44.1 Å². The van der Waals surface area contributed by atoms with Crippen LogP contribution in [0.25, 0.3) is 10.2 Å². The number of aryl methyl sites for hydroxylation is 2. The lowest BCUT2D eigenvalue weighted by atomic mass is 10.1. The number of thiophene rings is 1. The molecule has 0 aliphatic rings. The van der Waals surface area contributed by atoms with Gasteiger partial charge in [0.2, 0.25) is 0 Å². The second-order valence-corrected chi connectivity index (χ2v) is 9.73. The van der Waals surface area contributed by atoms with E-state index in [9.17, 15) is 4.79 Å². The number of benzene rings is 1. The first-order chi connectivity index (χ1) is 11.8. The monoisotopic (exact) mass is 473 g/mol. The third kappa shape index (κ3) is 4.64. The van der Waals surface area contributed by atoms with Crippen molar-refractivity contribution in [2.45, 2.75) is 13.8 Å². The molecule has 0 fully saturated rings. The number of hydrogen-bond donors (Lipinski definition) is 0. The number of amides is 1. The van der Waals surface area contributed by atoms with Crippen LogP contribution < -0.4 is 4.90 Å². The van der Waals surface area contributed by atoms with E-state index in [0.717, 1.165) is 30.6 Å². The predicted molar refractivity (Wildman–Crippen MR) is 119 cm³/mol. The molecule has 2 aromatic heterocycles. The van der Waals surface area contributed by atoms with Gasteiger partial charge in [0.15, 0.2) is 5.13 Å². The molecule has 0 unspecified atom stereocenters. The van der Waals surface area contributed by atoms with Crippen molar-refractivity contribution in [1.29, 1.82) is 0 Å². The zero-order valence-electron chi connectivity index (χ0n) is 15.1. The second-order valence-electron chi connectivity index (χ2n) is 6.29. The van der Waals surface area contributed by atoms with Gasteiger partial charge in [0, 0.05) is 13.1 Å². The Bertz CT molecular complexity index is 922. The molecule has 0 saturated heterocycles. The zero-order valence-corrected chi connectivity index (χ0v) is 19.1. The average Bonchev–Trinajstić information content (AvgIpc) is 3.13. The van der Waals surface area contributed by atoms with Gasteiger partial charge in [-0.25, -0.2) is 4.98 Å². The minimum Gasteiger partial charge on any atom is -0.308 e. The molecule has 0 radical (unpaired) electrons. The summed E-state index contributed by atoms with van der Waals surface area (Å²) >= 11 is 6.49. The van der Waals surface area contributed by atoms with Crippen molar-refractivity contribution >= 4 is 72.3 Å². The Kier molecular flexibility index (Phi) is 7.21. The molecule has 0 atom stereocenters. The van der Waals surface area contributed by atoms with E-state index in [1.165, 1.54) is 22.5 Å². The molecule has 4 nitrogen and oxygen atoms in total. The van der Waals surface area contributed by atoms with Gasteiger partial charge < -0.3 is 4.90 Å². The van der Waals surface area contributed by atoms with Gasteiger partial charge in [0.25, 0.3) is 5.91 Å². The highest BCUT2D eigenvalue weighted by molar-refractivity contribution is 9.11. The van der Waals surface area contributed by atoms with Crippen LogP contribution in [0.2, 0.25) is 0 Å². The lowest BCUT2D eigenvalue weighted by molar-refractivity contribution is 0.0989. The Hall–Kier alpha value is -0.990. The third-order valence-corrected chi connectivity index (χ3v) is 6.68. The van der Waals surface area contributed by atoms with Crippen molar-refractivity contribution in [2.75, 3.05) is 32.1 Å². The summed E-state index contributed by atoms with van der Waals surface area (Å²) in [6.07, 6.45) is 0. The van der Waals surface area contributed by atoms with Gasteiger partial charge in [0.1, 0.15) is 0 Å². The number of carbonyl (C=O) groups is 1. The van der Waals surface area contributed by atoms with Crippen molar-refractivity contribution in [2.24, 2.45) is 0 Å². The molecule has 0 aliphatic heterocycles. The van der Waals surface area contributed by atoms with E-state index >= 15 is 0 Å². The first kappa shape index (κ1) is 21.3. The number of carbonyl (C=O) groups excluding carboxylic acids is 1. The Morgan fingerprint density at radius 3 is 2.50 bits per heavy atom. The molecule has 8 heteroatoms. The number of anilines is 1. The Labute approximate surface area is 176 Å². The Balaban J connectivity index is 0.00000243. The molecule has 0 aliphatic carbocycles. The van der Waals surface area contributed by atoms with E-state index in [2.05, 4.69) is 46.8 Å². The smallest absolute Gasteiger partial charge is 0.270 e. The van der Waals surface area contributed by atoms with Crippen LogP contribution in [-0.2, 0) is 0 Å². The number of hydrogen-bond acceptors (Lipinski definition) is 5. The maximum absolute atomic E-state index is 13.1. The van der Waals surface area contributed by atoms with Crippen LogP contribution in [0, 0.1) is 13.8 Å². The number of thiazole rings is 1. The highest BCUT2D eigenvalue weighted by Crippen LogP contribution is 2.33. The SMILES string of the molecule is Cc1cc(C)c2sc(N(CCN(C)C)C(=O)c3ccc(Br)s3)nc2c1.Cl. The predicted octanol–water partition coefficient (Wildman–Crippen LogP) is 5.37. The Morgan fingerprint density at radius 1 is 1.15 bits per heavy atom. The molecule has 3 rings (SSSR count). The lowest BCUT2D eigenvalue weighted by Gasteiger charge is -2.21. The maximum atomic E-state index is 13.1. The zero-order chi connectivity index (χ0) is 18.1. The van der Waals surface area contributed by atoms with Gasteiger partial charge in [-0.3, -0.25) is 9.69 Å². The van der Waals surface area contributed by atoms with Gasteiger partial charge in [0.05, 0.1) is 18.9 Å². The minimum atomic E-state index is 0. The van der Waals surface area contributed by atoms with Crippen molar-refractivity contribution in [3.8, 4) is 0 Å². The maximum Gasteiger partial charge on any atom is 0.270 e. The summed E-state index contributed by atoms with van der Waals surface area (Å²) in [5, 5.41) is 0.764. The molecular weight excluding hydrogens is 454 g/mol.